The standard InChI is InChI=1S/C25H22FN3O4P.C2H6.CH3.U.V/c1-3-25(33)15-6-19-22-13(8-29(19)23(31)14(15)9-34-24(25)32)21-17(27-10-30)5-4-12-11(2)16(26)7-18(28-22)20(12)21;1-2;;;/h6-7,17,33-34H,3-5,8-9H2,1-2H3,(H,27,30);1-2H3;1H3;;/q-1;;-1;;/t17-,25-;;;;/m0..../s1. The maximum atomic E-state index is 14.8. The second-order valence-corrected chi connectivity index (χ2v) is 10.4. The van der Waals surface area contributed by atoms with E-state index in [0.29, 0.717) is 52.6 Å². The predicted octanol–water partition coefficient (Wildman–Crippen LogP) is 4.31. The van der Waals surface area contributed by atoms with Crippen molar-refractivity contribution in [2.24, 2.45) is 0 Å². The van der Waals surface area contributed by atoms with E-state index in [1.54, 1.807) is 30.9 Å². The molecule has 0 spiro atoms. The monoisotopic (exact) mass is 812 g/mol. The Hall–Kier alpha value is -1.32. The number of pyridine rings is 2. The van der Waals surface area contributed by atoms with Gasteiger partial charge >= 0.3 is 0 Å². The Bertz CT molecular complexity index is 1530. The maximum Gasteiger partial charge on any atom is 0.255 e. The molecular formula is C28H31FN3O4PUV-2. The van der Waals surface area contributed by atoms with E-state index in [4.69, 9.17) is 4.98 Å². The molecule has 11 heteroatoms. The molecule has 0 saturated carbocycles. The number of aryl methyl sites for hydroxylation is 1. The Morgan fingerprint density at radius 1 is 1.26 bits per heavy atom. The topological polar surface area (TPSA) is 101 Å². The van der Waals surface area contributed by atoms with Gasteiger partial charge in [0.15, 0.2) is 11.1 Å². The van der Waals surface area contributed by atoms with Crippen molar-refractivity contribution in [2.45, 2.75) is 71.3 Å². The van der Waals surface area contributed by atoms with Gasteiger partial charge in [-0.15, -0.1) is 0 Å². The van der Waals surface area contributed by atoms with Crippen molar-refractivity contribution in [3.63, 3.8) is 0 Å². The summed E-state index contributed by atoms with van der Waals surface area (Å²) >= 11 is 0. The zero-order chi connectivity index (χ0) is 25.9. The van der Waals surface area contributed by atoms with Crippen LogP contribution in [0.5, 0.6) is 0 Å². The molecule has 6 rings (SSSR count). The van der Waals surface area contributed by atoms with Crippen LogP contribution < -0.4 is 10.9 Å². The van der Waals surface area contributed by atoms with Crippen LogP contribution in [-0.4, -0.2) is 26.6 Å². The van der Waals surface area contributed by atoms with Gasteiger partial charge in [-0.2, -0.15) is 6.41 Å². The van der Waals surface area contributed by atoms with Crippen LogP contribution in [0.15, 0.2) is 16.9 Å². The molecular weight excluding hydrogens is 781 g/mol. The second-order valence-electron chi connectivity index (χ2n) is 9.26. The van der Waals surface area contributed by atoms with Crippen LogP contribution in [0.3, 0.4) is 0 Å². The summed E-state index contributed by atoms with van der Waals surface area (Å²) in [5.41, 5.74) is 3.21. The summed E-state index contributed by atoms with van der Waals surface area (Å²) in [6.45, 7) is 7.74. The number of fused-ring (bicyclic) bond motifs is 5. The molecule has 0 saturated heterocycles. The number of aliphatic hydroxyl groups is 1. The number of aromatic nitrogens is 2. The van der Waals surface area contributed by atoms with Crippen LogP contribution >= 0.6 is 8.58 Å². The van der Waals surface area contributed by atoms with Gasteiger partial charge < -0.3 is 27.2 Å². The first-order valence-corrected chi connectivity index (χ1v) is 13.6. The maximum absolute atomic E-state index is 14.8. The number of amides is 1. The number of rotatable bonds is 3. The summed E-state index contributed by atoms with van der Waals surface area (Å²) in [5, 5.41) is 14.8. The number of carbonyl (C=O) groups is 1. The van der Waals surface area contributed by atoms with Gasteiger partial charge in [0, 0.05) is 90.0 Å². The summed E-state index contributed by atoms with van der Waals surface area (Å²) in [5.74, 6) is -0.345. The van der Waals surface area contributed by atoms with E-state index in [1.165, 1.54) is 6.07 Å². The van der Waals surface area contributed by atoms with E-state index >= 15 is 0 Å². The van der Waals surface area contributed by atoms with Gasteiger partial charge in [-0.25, -0.2) is 9.37 Å². The molecule has 0 fully saturated rings. The van der Waals surface area contributed by atoms with E-state index in [0.717, 1.165) is 22.1 Å². The quantitative estimate of drug-likeness (QED) is 0.183. The molecule has 39 heavy (non-hydrogen) atoms. The molecule has 3 atom stereocenters. The largest absolute Gasteiger partial charge is 0.524 e. The van der Waals surface area contributed by atoms with E-state index in [1.807, 2.05) is 13.8 Å². The van der Waals surface area contributed by atoms with Crippen molar-refractivity contribution in [3.8, 4) is 11.4 Å². The molecule has 1 radical (unpaired) electrons. The van der Waals surface area contributed by atoms with Crippen molar-refractivity contribution in [1.82, 2.24) is 14.9 Å². The fourth-order valence-electron chi connectivity index (χ4n) is 5.89. The minimum absolute atomic E-state index is 0. The average molecular weight is 813 g/mol. The Morgan fingerprint density at radius 3 is 2.59 bits per heavy atom. The van der Waals surface area contributed by atoms with E-state index in [-0.39, 0.29) is 102 Å². The minimum Gasteiger partial charge on any atom is -0.524 e. The third-order valence-corrected chi connectivity index (χ3v) is 8.99. The van der Waals surface area contributed by atoms with Gasteiger partial charge in [0.1, 0.15) is 5.82 Å². The van der Waals surface area contributed by atoms with E-state index in [2.05, 4.69) is 5.32 Å². The Labute approximate surface area is 265 Å². The third kappa shape index (κ3) is 4.92. The SMILES string of the molecule is CC.CC[C@@]1(O)C(=O)PCc2c1cc1n(c2=O)Cc2c-1nc1cc(F)c(C)c3c1c2[C@@H](N[C-]=O)CC3.[CH3-].[U].[V]. The van der Waals surface area contributed by atoms with Crippen molar-refractivity contribution in [2.75, 3.05) is 0 Å². The van der Waals surface area contributed by atoms with Crippen molar-refractivity contribution < 1.29 is 68.8 Å². The predicted molar refractivity (Wildman–Crippen MR) is 144 cm³/mol. The van der Waals surface area contributed by atoms with Crippen LogP contribution in [0.1, 0.15) is 73.0 Å². The number of hydrogen-bond donors (Lipinski definition) is 2. The first kappa shape index (κ1) is 33.9. The zero-order valence-corrected chi connectivity index (χ0v) is 29.2. The molecule has 1 amide bonds. The second kappa shape index (κ2) is 12.7. The number of nitrogens with zero attached hydrogens (tertiary/aromatic N) is 2. The summed E-state index contributed by atoms with van der Waals surface area (Å²) in [6.07, 6.45) is 3.47. The first-order chi connectivity index (χ1) is 17.3. The Balaban J connectivity index is 0.00000104. The Morgan fingerprint density at radius 2 is 1.95 bits per heavy atom. The minimum atomic E-state index is -1.69. The number of carbonyl (C=O) groups excluding carboxylic acids is 2. The molecule has 205 valence electrons. The van der Waals surface area contributed by atoms with Crippen molar-refractivity contribution >= 4 is 31.4 Å². The molecule has 0 bridgehead atoms. The van der Waals surface area contributed by atoms with Gasteiger partial charge in [-0.3, -0.25) is 9.59 Å². The molecule has 2 aliphatic heterocycles. The number of halogens is 1. The van der Waals surface area contributed by atoms with Crippen molar-refractivity contribution in [3.05, 3.63) is 69.1 Å². The molecule has 3 aromatic rings. The van der Waals surface area contributed by atoms with Gasteiger partial charge in [0.2, 0.25) is 0 Å². The average Bonchev–Trinajstić information content (AvgIpc) is 3.25. The summed E-state index contributed by atoms with van der Waals surface area (Å²) in [7, 11) is -0.158. The van der Waals surface area contributed by atoms with Gasteiger partial charge in [0.05, 0.1) is 23.4 Å². The normalized spacial score (nSPS) is 20.3. The molecule has 4 heterocycles. The van der Waals surface area contributed by atoms with Crippen molar-refractivity contribution in [1.29, 1.82) is 0 Å². The summed E-state index contributed by atoms with van der Waals surface area (Å²) in [4.78, 5) is 42.2. The van der Waals surface area contributed by atoms with Gasteiger partial charge in [-0.05, 0) is 57.5 Å². The summed E-state index contributed by atoms with van der Waals surface area (Å²) in [6, 6.07) is 2.78. The number of hydrogen-bond acceptors (Lipinski definition) is 5. The van der Waals surface area contributed by atoms with E-state index < -0.39 is 5.60 Å². The molecule has 2 aromatic heterocycles. The molecule has 1 aromatic carbocycles. The van der Waals surface area contributed by atoms with Crippen LogP contribution in [0.25, 0.3) is 22.3 Å². The van der Waals surface area contributed by atoms with Crippen LogP contribution in [-0.2, 0) is 52.9 Å². The Kier molecular flexibility index (Phi) is 11.0. The zero-order valence-electron chi connectivity index (χ0n) is 22.7. The van der Waals surface area contributed by atoms with Gasteiger partial charge in [0.25, 0.3) is 5.56 Å². The fourth-order valence-corrected chi connectivity index (χ4v) is 7.17. The molecule has 7 nitrogen and oxygen atoms in total. The van der Waals surface area contributed by atoms with Crippen LogP contribution in [0.4, 0.5) is 4.39 Å². The molecule has 2 N–H and O–H groups in total. The molecule has 1 aliphatic carbocycles. The smallest absolute Gasteiger partial charge is 0.255 e. The first-order valence-electron chi connectivity index (χ1n) is 12.4. The van der Waals surface area contributed by atoms with E-state index in [9.17, 15) is 23.9 Å². The number of benzene rings is 1. The summed E-state index contributed by atoms with van der Waals surface area (Å²) < 4.78 is 16.4. The molecule has 3 aliphatic rings. The molecule has 1 unspecified atom stereocenters. The fraction of sp³-hybridized carbons (Fsp3) is 0.393. The van der Waals surface area contributed by atoms with Gasteiger partial charge in [-0.1, -0.05) is 20.8 Å². The number of nitrogens with one attached hydrogen (secondary N) is 1. The van der Waals surface area contributed by atoms with Crippen LogP contribution in [0, 0.1) is 51.3 Å². The van der Waals surface area contributed by atoms with Crippen LogP contribution in [0.2, 0.25) is 0 Å². The third-order valence-electron chi connectivity index (χ3n) is 7.73.